The number of nitrogen functional groups attached to an aromatic ring is 1. The molecule has 0 radical (unpaired) electrons. The summed E-state index contributed by atoms with van der Waals surface area (Å²) in [5, 5.41) is 0. The van der Waals surface area contributed by atoms with Crippen LogP contribution in [0.5, 0.6) is 0 Å². The Morgan fingerprint density at radius 3 is 2.19 bits per heavy atom. The third-order valence-electron chi connectivity index (χ3n) is 3.95. The Bertz CT molecular complexity index is 558. The van der Waals surface area contributed by atoms with E-state index in [0.717, 1.165) is 25.3 Å². The van der Waals surface area contributed by atoms with Crippen molar-refractivity contribution in [3.63, 3.8) is 0 Å². The number of nitrogens with zero attached hydrogens (tertiary/aromatic N) is 1. The summed E-state index contributed by atoms with van der Waals surface area (Å²) in [6, 6.07) is 17.1. The molecule has 2 rings (SSSR count). The highest BCUT2D eigenvalue weighted by molar-refractivity contribution is 5.46. The highest BCUT2D eigenvalue weighted by Crippen LogP contribution is 2.18. The van der Waals surface area contributed by atoms with Crippen molar-refractivity contribution < 1.29 is 0 Å². The standard InChI is InChI=1S/C19H26N2/c1-4-21(14-18-7-5-6-8-19(18)20)13-16-9-11-17(12-10-16)15(2)3/h5-12,15H,4,13-14,20H2,1-3H3. The summed E-state index contributed by atoms with van der Waals surface area (Å²) >= 11 is 0. The van der Waals surface area contributed by atoms with Gasteiger partial charge in [-0.25, -0.2) is 0 Å². The highest BCUT2D eigenvalue weighted by atomic mass is 15.1. The molecule has 2 heteroatoms. The number of anilines is 1. The van der Waals surface area contributed by atoms with E-state index >= 15 is 0 Å². The monoisotopic (exact) mass is 282 g/mol. The molecule has 0 heterocycles. The lowest BCUT2D eigenvalue weighted by Gasteiger charge is -2.21. The normalized spacial score (nSPS) is 11.3. The van der Waals surface area contributed by atoms with Crippen molar-refractivity contribution in [2.24, 2.45) is 0 Å². The second-order valence-electron chi connectivity index (χ2n) is 5.90. The second kappa shape index (κ2) is 7.28. The fraction of sp³-hybridized carbons (Fsp3) is 0.368. The Labute approximate surface area is 128 Å². The summed E-state index contributed by atoms with van der Waals surface area (Å²) in [6.07, 6.45) is 0. The van der Waals surface area contributed by atoms with Crippen molar-refractivity contribution in [1.82, 2.24) is 4.90 Å². The third-order valence-corrected chi connectivity index (χ3v) is 3.95. The lowest BCUT2D eigenvalue weighted by Crippen LogP contribution is -2.22. The zero-order chi connectivity index (χ0) is 15.2. The third kappa shape index (κ3) is 4.33. The molecule has 0 saturated carbocycles. The molecule has 0 bridgehead atoms. The summed E-state index contributed by atoms with van der Waals surface area (Å²) < 4.78 is 0. The van der Waals surface area contributed by atoms with E-state index in [0.29, 0.717) is 5.92 Å². The van der Waals surface area contributed by atoms with Crippen molar-refractivity contribution in [2.75, 3.05) is 12.3 Å². The maximum Gasteiger partial charge on any atom is 0.0359 e. The average molecular weight is 282 g/mol. The molecule has 0 amide bonds. The number of hydrogen-bond donors (Lipinski definition) is 1. The van der Waals surface area contributed by atoms with Crippen LogP contribution in [0.3, 0.4) is 0 Å². The minimum absolute atomic E-state index is 0.588. The van der Waals surface area contributed by atoms with Crippen LogP contribution in [0.25, 0.3) is 0 Å². The fourth-order valence-corrected chi connectivity index (χ4v) is 2.46. The Kier molecular flexibility index (Phi) is 5.40. The Hall–Kier alpha value is -1.80. The zero-order valence-electron chi connectivity index (χ0n) is 13.3. The molecule has 0 aromatic heterocycles. The maximum absolute atomic E-state index is 6.04. The summed E-state index contributed by atoms with van der Waals surface area (Å²) in [7, 11) is 0. The molecular weight excluding hydrogens is 256 g/mol. The van der Waals surface area contributed by atoms with E-state index < -0.39 is 0 Å². The first kappa shape index (κ1) is 15.6. The number of para-hydroxylation sites is 1. The van der Waals surface area contributed by atoms with Crippen LogP contribution in [-0.4, -0.2) is 11.4 Å². The smallest absolute Gasteiger partial charge is 0.0359 e. The maximum atomic E-state index is 6.04. The van der Waals surface area contributed by atoms with Gasteiger partial charge in [0.1, 0.15) is 0 Å². The van der Waals surface area contributed by atoms with Gasteiger partial charge in [-0.15, -0.1) is 0 Å². The summed E-state index contributed by atoms with van der Waals surface area (Å²) in [4.78, 5) is 2.41. The molecule has 0 fully saturated rings. The topological polar surface area (TPSA) is 29.3 Å². The van der Waals surface area contributed by atoms with E-state index in [9.17, 15) is 0 Å². The number of rotatable bonds is 6. The van der Waals surface area contributed by atoms with E-state index in [1.165, 1.54) is 16.7 Å². The summed E-state index contributed by atoms with van der Waals surface area (Å²) in [5.74, 6) is 0.588. The van der Waals surface area contributed by atoms with Gasteiger partial charge in [0.2, 0.25) is 0 Å². The van der Waals surface area contributed by atoms with Gasteiger partial charge >= 0.3 is 0 Å². The van der Waals surface area contributed by atoms with Crippen LogP contribution in [0.4, 0.5) is 5.69 Å². The fourth-order valence-electron chi connectivity index (χ4n) is 2.46. The van der Waals surface area contributed by atoms with Crippen molar-refractivity contribution >= 4 is 5.69 Å². The summed E-state index contributed by atoms with van der Waals surface area (Å²) in [6.45, 7) is 9.53. The van der Waals surface area contributed by atoms with Crippen LogP contribution in [0.1, 0.15) is 43.4 Å². The molecule has 112 valence electrons. The van der Waals surface area contributed by atoms with Crippen molar-refractivity contribution in [1.29, 1.82) is 0 Å². The van der Waals surface area contributed by atoms with Gasteiger partial charge in [-0.3, -0.25) is 4.90 Å². The van der Waals surface area contributed by atoms with Gasteiger partial charge in [0.05, 0.1) is 0 Å². The van der Waals surface area contributed by atoms with Crippen molar-refractivity contribution in [2.45, 2.75) is 39.8 Å². The van der Waals surface area contributed by atoms with Crippen LogP contribution < -0.4 is 5.73 Å². The van der Waals surface area contributed by atoms with Crippen molar-refractivity contribution in [3.8, 4) is 0 Å². The van der Waals surface area contributed by atoms with E-state index in [-0.39, 0.29) is 0 Å². The van der Waals surface area contributed by atoms with Gasteiger partial charge in [-0.05, 0) is 35.2 Å². The average Bonchev–Trinajstić information content (AvgIpc) is 2.49. The number of benzene rings is 2. The van der Waals surface area contributed by atoms with Gasteiger partial charge in [-0.2, -0.15) is 0 Å². The van der Waals surface area contributed by atoms with Gasteiger partial charge in [0.25, 0.3) is 0 Å². The highest BCUT2D eigenvalue weighted by Gasteiger charge is 2.07. The molecule has 2 N–H and O–H groups in total. The van der Waals surface area contributed by atoms with Gasteiger partial charge < -0.3 is 5.73 Å². The van der Waals surface area contributed by atoms with E-state index in [4.69, 9.17) is 5.73 Å². The molecule has 0 spiro atoms. The van der Waals surface area contributed by atoms with E-state index in [1.807, 2.05) is 12.1 Å². The largest absolute Gasteiger partial charge is 0.398 e. The minimum Gasteiger partial charge on any atom is -0.398 e. The lowest BCUT2D eigenvalue weighted by molar-refractivity contribution is 0.272. The first-order valence-corrected chi connectivity index (χ1v) is 7.74. The lowest BCUT2D eigenvalue weighted by atomic mass is 10.0. The SMILES string of the molecule is CCN(Cc1ccc(C(C)C)cc1)Cc1ccccc1N. The molecule has 0 aliphatic heterocycles. The predicted octanol–water partition coefficient (Wildman–Crippen LogP) is 4.41. The quantitative estimate of drug-likeness (QED) is 0.795. The van der Waals surface area contributed by atoms with Crippen LogP contribution in [-0.2, 0) is 13.1 Å². The van der Waals surface area contributed by atoms with Gasteiger partial charge in [0.15, 0.2) is 0 Å². The first-order chi connectivity index (χ1) is 10.1. The van der Waals surface area contributed by atoms with Gasteiger partial charge in [0, 0.05) is 18.8 Å². The molecule has 21 heavy (non-hydrogen) atoms. The zero-order valence-corrected chi connectivity index (χ0v) is 13.3. The number of nitrogens with two attached hydrogens (primary N) is 1. The van der Waals surface area contributed by atoms with Crippen molar-refractivity contribution in [3.05, 3.63) is 65.2 Å². The molecule has 0 saturated heterocycles. The number of hydrogen-bond acceptors (Lipinski definition) is 2. The van der Waals surface area contributed by atoms with Crippen LogP contribution in [0, 0.1) is 0 Å². The first-order valence-electron chi connectivity index (χ1n) is 7.74. The Balaban J connectivity index is 2.03. The molecule has 0 atom stereocenters. The molecule has 0 aliphatic carbocycles. The van der Waals surface area contributed by atoms with Crippen LogP contribution in [0.15, 0.2) is 48.5 Å². The Morgan fingerprint density at radius 1 is 0.952 bits per heavy atom. The summed E-state index contributed by atoms with van der Waals surface area (Å²) in [5.41, 5.74) is 10.9. The van der Waals surface area contributed by atoms with Crippen LogP contribution in [0.2, 0.25) is 0 Å². The molecule has 0 unspecified atom stereocenters. The predicted molar refractivity (Wildman–Crippen MR) is 91.2 cm³/mol. The van der Waals surface area contributed by atoms with E-state index in [1.54, 1.807) is 0 Å². The molecule has 2 aromatic rings. The van der Waals surface area contributed by atoms with Gasteiger partial charge in [-0.1, -0.05) is 63.2 Å². The molecule has 2 aromatic carbocycles. The molecule has 2 nitrogen and oxygen atoms in total. The molecular formula is C19H26N2. The second-order valence-corrected chi connectivity index (χ2v) is 5.90. The Morgan fingerprint density at radius 2 is 1.62 bits per heavy atom. The molecule has 0 aliphatic rings. The minimum atomic E-state index is 0.588. The van der Waals surface area contributed by atoms with Crippen LogP contribution >= 0.6 is 0 Å². The van der Waals surface area contributed by atoms with E-state index in [2.05, 4.69) is 62.1 Å².